The number of aromatic nitrogens is 2. The Kier molecular flexibility index (Phi) is 6.43. The Morgan fingerprint density at radius 2 is 1.93 bits per heavy atom. The van der Waals surface area contributed by atoms with Crippen LogP contribution in [-0.4, -0.2) is 46.0 Å². The Morgan fingerprint density at radius 3 is 2.46 bits per heavy atom. The van der Waals surface area contributed by atoms with Crippen molar-refractivity contribution in [3.05, 3.63) is 22.7 Å². The van der Waals surface area contributed by atoms with E-state index in [4.69, 9.17) is 19.9 Å². The Labute approximate surface area is 162 Å². The van der Waals surface area contributed by atoms with Crippen LogP contribution in [0.1, 0.15) is 40.8 Å². The van der Waals surface area contributed by atoms with E-state index >= 15 is 4.39 Å². The molecule has 0 radical (unpaired) electrons. The van der Waals surface area contributed by atoms with Crippen molar-refractivity contribution >= 4 is 17.8 Å². The summed E-state index contributed by atoms with van der Waals surface area (Å²) in [6, 6.07) is 1.32. The number of carbonyl (C=O) groups is 2. The number of halogens is 1. The van der Waals surface area contributed by atoms with Gasteiger partial charge in [-0.2, -0.15) is 4.98 Å². The quantitative estimate of drug-likeness (QED) is 0.709. The predicted molar refractivity (Wildman–Crippen MR) is 96.8 cm³/mol. The highest BCUT2D eigenvalue weighted by Gasteiger charge is 2.58. The Morgan fingerprint density at radius 1 is 1.32 bits per heavy atom. The van der Waals surface area contributed by atoms with Crippen LogP contribution in [-0.2, 0) is 23.8 Å². The minimum absolute atomic E-state index is 0.0231. The summed E-state index contributed by atoms with van der Waals surface area (Å²) in [4.78, 5) is 39.6. The van der Waals surface area contributed by atoms with Crippen molar-refractivity contribution in [2.45, 2.75) is 58.7 Å². The number of hydrogen-bond donors (Lipinski definition) is 1. The average molecular weight is 399 g/mol. The number of alkyl halides is 1. The molecule has 1 aromatic rings. The van der Waals surface area contributed by atoms with Gasteiger partial charge in [0.05, 0.1) is 11.8 Å². The fourth-order valence-electron chi connectivity index (χ4n) is 2.73. The van der Waals surface area contributed by atoms with Crippen molar-refractivity contribution in [1.82, 2.24) is 9.55 Å². The first kappa shape index (κ1) is 21.8. The molecular formula is C18H26FN3O6. The second-order valence-electron chi connectivity index (χ2n) is 7.52. The van der Waals surface area contributed by atoms with Gasteiger partial charge in [-0.05, 0) is 13.0 Å². The van der Waals surface area contributed by atoms with Crippen molar-refractivity contribution in [3.63, 3.8) is 0 Å². The van der Waals surface area contributed by atoms with Crippen LogP contribution < -0.4 is 11.4 Å². The lowest BCUT2D eigenvalue weighted by Gasteiger charge is -2.28. The monoisotopic (exact) mass is 399 g/mol. The van der Waals surface area contributed by atoms with Gasteiger partial charge in [0.25, 0.3) is 0 Å². The maximum Gasteiger partial charge on any atom is 0.351 e. The van der Waals surface area contributed by atoms with Crippen LogP contribution in [0, 0.1) is 11.8 Å². The first-order valence-corrected chi connectivity index (χ1v) is 9.01. The molecular weight excluding hydrogens is 373 g/mol. The molecule has 10 heteroatoms. The third-order valence-electron chi connectivity index (χ3n) is 4.36. The number of nitrogen functional groups attached to an aromatic ring is 1. The number of esters is 2. The molecule has 0 aromatic carbocycles. The molecule has 0 saturated carbocycles. The summed E-state index contributed by atoms with van der Waals surface area (Å²) < 4.78 is 32.7. The fourth-order valence-corrected chi connectivity index (χ4v) is 2.73. The Balaban J connectivity index is 2.34. The number of nitrogens with two attached hydrogens (primary N) is 1. The van der Waals surface area contributed by atoms with Crippen LogP contribution in [0.2, 0.25) is 0 Å². The van der Waals surface area contributed by atoms with E-state index in [0.717, 1.165) is 11.5 Å². The summed E-state index contributed by atoms with van der Waals surface area (Å²) in [7, 11) is 0. The first-order chi connectivity index (χ1) is 12.9. The average Bonchev–Trinajstić information content (AvgIpc) is 2.83. The van der Waals surface area contributed by atoms with E-state index in [1.54, 1.807) is 27.7 Å². The lowest BCUT2D eigenvalue weighted by molar-refractivity contribution is -0.165. The zero-order valence-electron chi connectivity index (χ0n) is 16.5. The number of ether oxygens (including phenoxy) is 3. The molecule has 2 N–H and O–H groups in total. The van der Waals surface area contributed by atoms with E-state index in [9.17, 15) is 14.4 Å². The summed E-state index contributed by atoms with van der Waals surface area (Å²) >= 11 is 0. The van der Waals surface area contributed by atoms with Gasteiger partial charge in [-0.15, -0.1) is 0 Å². The highest BCUT2D eigenvalue weighted by Crippen LogP contribution is 2.42. The Hall–Kier alpha value is -2.49. The van der Waals surface area contributed by atoms with Crippen LogP contribution in [0.3, 0.4) is 0 Å². The number of carbonyl (C=O) groups excluding carboxylic acids is 2. The van der Waals surface area contributed by atoms with Crippen molar-refractivity contribution in [1.29, 1.82) is 0 Å². The predicted octanol–water partition coefficient (Wildman–Crippen LogP) is 1.22. The topological polar surface area (TPSA) is 123 Å². The van der Waals surface area contributed by atoms with Gasteiger partial charge < -0.3 is 19.9 Å². The van der Waals surface area contributed by atoms with Crippen LogP contribution in [0.25, 0.3) is 0 Å². The number of anilines is 1. The zero-order chi connectivity index (χ0) is 21.2. The van der Waals surface area contributed by atoms with E-state index < -0.39 is 53.6 Å². The highest BCUT2D eigenvalue weighted by molar-refractivity contribution is 5.72. The number of rotatable bonds is 6. The molecule has 1 aromatic heterocycles. The van der Waals surface area contributed by atoms with Crippen LogP contribution in [0.5, 0.6) is 0 Å². The molecule has 1 aliphatic heterocycles. The molecule has 0 spiro atoms. The van der Waals surface area contributed by atoms with E-state index in [1.807, 2.05) is 0 Å². The minimum atomic E-state index is -2.29. The van der Waals surface area contributed by atoms with E-state index in [1.165, 1.54) is 12.3 Å². The van der Waals surface area contributed by atoms with E-state index in [-0.39, 0.29) is 12.4 Å². The summed E-state index contributed by atoms with van der Waals surface area (Å²) in [5.41, 5.74) is 2.36. The fraction of sp³-hybridized carbons (Fsp3) is 0.667. The summed E-state index contributed by atoms with van der Waals surface area (Å²) in [5, 5.41) is 0. The van der Waals surface area contributed by atoms with Crippen LogP contribution in [0.15, 0.2) is 17.1 Å². The maximum atomic E-state index is 15.7. The van der Waals surface area contributed by atoms with Crippen molar-refractivity contribution in [3.8, 4) is 0 Å². The molecule has 2 rings (SSSR count). The van der Waals surface area contributed by atoms with Gasteiger partial charge >= 0.3 is 17.6 Å². The molecule has 1 saturated heterocycles. The molecule has 4 atom stereocenters. The molecule has 1 aliphatic rings. The second kappa shape index (κ2) is 8.26. The maximum absolute atomic E-state index is 15.7. The lowest BCUT2D eigenvalue weighted by Crippen LogP contribution is -2.46. The molecule has 156 valence electrons. The molecule has 28 heavy (non-hydrogen) atoms. The summed E-state index contributed by atoms with van der Waals surface area (Å²) in [6.45, 7) is 7.33. The molecule has 2 heterocycles. The standard InChI is InChI=1S/C18H26FN3O6/c1-9(2)14(23)26-8-11-13(28-15(24)10(3)4)18(5,19)16(27-11)22-7-6-12(20)21-17(22)25/h6-7,9-11,13,16H,8H2,1-5H3,(H2,20,21,25)/t11-,13+,16-,18?/m1/s1. The van der Waals surface area contributed by atoms with Gasteiger partial charge in [-0.1, -0.05) is 27.7 Å². The van der Waals surface area contributed by atoms with Crippen LogP contribution in [0.4, 0.5) is 10.2 Å². The smallest absolute Gasteiger partial charge is 0.351 e. The first-order valence-electron chi connectivity index (χ1n) is 9.01. The third kappa shape index (κ3) is 4.49. The Bertz CT molecular complexity index is 792. The van der Waals surface area contributed by atoms with Gasteiger partial charge in [0.1, 0.15) is 18.5 Å². The lowest BCUT2D eigenvalue weighted by atomic mass is 9.98. The van der Waals surface area contributed by atoms with Crippen molar-refractivity contribution < 1.29 is 28.2 Å². The van der Waals surface area contributed by atoms with Crippen LogP contribution >= 0.6 is 0 Å². The van der Waals surface area contributed by atoms with Crippen molar-refractivity contribution in [2.24, 2.45) is 11.8 Å². The van der Waals surface area contributed by atoms with E-state index in [0.29, 0.717) is 0 Å². The normalized spacial score (nSPS) is 27.2. The number of nitrogens with zero attached hydrogens (tertiary/aromatic N) is 2. The van der Waals surface area contributed by atoms with Gasteiger partial charge in [-0.25, -0.2) is 9.18 Å². The number of hydrogen-bond acceptors (Lipinski definition) is 8. The van der Waals surface area contributed by atoms with Crippen molar-refractivity contribution in [2.75, 3.05) is 12.3 Å². The molecule has 1 unspecified atom stereocenters. The third-order valence-corrected chi connectivity index (χ3v) is 4.36. The van der Waals surface area contributed by atoms with Gasteiger partial charge in [0, 0.05) is 6.20 Å². The zero-order valence-corrected chi connectivity index (χ0v) is 16.5. The second-order valence-corrected chi connectivity index (χ2v) is 7.52. The molecule has 0 amide bonds. The molecule has 1 fully saturated rings. The highest BCUT2D eigenvalue weighted by atomic mass is 19.1. The minimum Gasteiger partial charge on any atom is -0.463 e. The molecule has 0 bridgehead atoms. The van der Waals surface area contributed by atoms with Gasteiger partial charge in [-0.3, -0.25) is 14.2 Å². The summed E-state index contributed by atoms with van der Waals surface area (Å²) in [6.07, 6.45) is -2.69. The summed E-state index contributed by atoms with van der Waals surface area (Å²) in [5.74, 6) is -2.07. The molecule has 0 aliphatic carbocycles. The van der Waals surface area contributed by atoms with E-state index in [2.05, 4.69) is 4.98 Å². The molecule has 9 nitrogen and oxygen atoms in total. The largest absolute Gasteiger partial charge is 0.463 e. The van der Waals surface area contributed by atoms with Gasteiger partial charge in [0.15, 0.2) is 18.0 Å². The SMILES string of the molecule is CC(C)C(=O)OC[C@H]1O[C@@H](n2ccc(N)nc2=O)C(C)(F)[C@H]1OC(=O)C(C)C. The van der Waals surface area contributed by atoms with Gasteiger partial charge in [0.2, 0.25) is 0 Å².